The van der Waals surface area contributed by atoms with Gasteiger partial charge in [0, 0.05) is 6.54 Å². The van der Waals surface area contributed by atoms with E-state index in [0.29, 0.717) is 6.54 Å². The van der Waals surface area contributed by atoms with Gasteiger partial charge in [-0.1, -0.05) is 12.1 Å². The van der Waals surface area contributed by atoms with Gasteiger partial charge in [-0.25, -0.2) is 4.39 Å². The first-order chi connectivity index (χ1) is 7.00. The molecule has 0 saturated heterocycles. The second-order valence-electron chi connectivity index (χ2n) is 3.56. The molecule has 0 fully saturated rings. The Balaban J connectivity index is 2.66. The summed E-state index contributed by atoms with van der Waals surface area (Å²) in [5.41, 5.74) is 0.769. The summed E-state index contributed by atoms with van der Waals surface area (Å²) in [5.74, 6) is -1.18. The molecular weight excluding hydrogens is 197 g/mol. The zero-order chi connectivity index (χ0) is 11.4. The minimum Gasteiger partial charge on any atom is -0.480 e. The maximum absolute atomic E-state index is 12.8. The van der Waals surface area contributed by atoms with E-state index in [4.69, 9.17) is 5.11 Å². The Hall–Kier alpha value is -1.42. The lowest BCUT2D eigenvalue weighted by Crippen LogP contribution is -2.35. The first-order valence-electron chi connectivity index (χ1n) is 4.68. The number of aliphatic carboxylic acids is 1. The van der Waals surface area contributed by atoms with Gasteiger partial charge in [-0.2, -0.15) is 0 Å². The molecule has 0 bridgehead atoms. The minimum absolute atomic E-state index is 0.302. The van der Waals surface area contributed by atoms with Crippen LogP contribution in [0.2, 0.25) is 0 Å². The third-order valence-corrected chi connectivity index (χ3v) is 2.34. The van der Waals surface area contributed by atoms with E-state index in [1.54, 1.807) is 31.0 Å². The van der Waals surface area contributed by atoms with Crippen LogP contribution in [0.1, 0.15) is 12.5 Å². The van der Waals surface area contributed by atoms with Gasteiger partial charge >= 0.3 is 5.97 Å². The fraction of sp³-hybridized carbons (Fsp3) is 0.364. The Morgan fingerprint density at radius 1 is 1.60 bits per heavy atom. The van der Waals surface area contributed by atoms with E-state index in [2.05, 4.69) is 0 Å². The number of halogens is 1. The minimum atomic E-state index is -0.881. The van der Waals surface area contributed by atoms with Crippen LogP contribution in [-0.4, -0.2) is 29.1 Å². The van der Waals surface area contributed by atoms with Gasteiger partial charge in [0.05, 0.1) is 0 Å². The molecule has 0 saturated carbocycles. The van der Waals surface area contributed by atoms with Crippen molar-refractivity contribution in [3.05, 3.63) is 35.6 Å². The number of nitrogens with zero attached hydrogens (tertiary/aromatic N) is 1. The third-order valence-electron chi connectivity index (χ3n) is 2.34. The molecule has 1 N–H and O–H groups in total. The molecule has 0 amide bonds. The number of carboxylic acid groups (broad SMARTS) is 1. The van der Waals surface area contributed by atoms with Crippen LogP contribution < -0.4 is 0 Å². The molecule has 0 aliphatic rings. The molecule has 4 heteroatoms. The molecule has 0 radical (unpaired) electrons. The summed E-state index contributed by atoms with van der Waals surface area (Å²) in [4.78, 5) is 12.3. The van der Waals surface area contributed by atoms with Crippen LogP contribution in [0.15, 0.2) is 24.3 Å². The maximum atomic E-state index is 12.8. The molecule has 0 aliphatic carbocycles. The SMILES string of the molecule is CC(C(=O)O)N(C)Cc1cccc(F)c1. The van der Waals surface area contributed by atoms with E-state index in [1.165, 1.54) is 12.1 Å². The van der Waals surface area contributed by atoms with Gasteiger partial charge in [0.1, 0.15) is 11.9 Å². The molecule has 0 aliphatic heterocycles. The van der Waals surface area contributed by atoms with Gasteiger partial charge in [-0.05, 0) is 31.7 Å². The molecule has 1 rings (SSSR count). The van der Waals surface area contributed by atoms with Crippen molar-refractivity contribution in [3.8, 4) is 0 Å². The van der Waals surface area contributed by atoms with Crippen LogP contribution in [0.4, 0.5) is 4.39 Å². The molecule has 1 atom stereocenters. The fourth-order valence-electron chi connectivity index (χ4n) is 1.25. The first-order valence-corrected chi connectivity index (χ1v) is 4.68. The van der Waals surface area contributed by atoms with E-state index >= 15 is 0 Å². The van der Waals surface area contributed by atoms with Crippen molar-refractivity contribution in [3.63, 3.8) is 0 Å². The Bertz CT molecular complexity index is 354. The van der Waals surface area contributed by atoms with E-state index in [-0.39, 0.29) is 5.82 Å². The van der Waals surface area contributed by atoms with Gasteiger partial charge in [-0.15, -0.1) is 0 Å². The molecule has 3 nitrogen and oxygen atoms in total. The molecule has 0 aromatic heterocycles. The van der Waals surface area contributed by atoms with Gasteiger partial charge in [0.25, 0.3) is 0 Å². The van der Waals surface area contributed by atoms with Gasteiger partial charge in [0.2, 0.25) is 0 Å². The summed E-state index contributed by atoms with van der Waals surface area (Å²) in [5, 5.41) is 8.77. The lowest BCUT2D eigenvalue weighted by Gasteiger charge is -2.20. The average molecular weight is 211 g/mol. The van der Waals surface area contributed by atoms with Crippen LogP contribution in [0, 0.1) is 5.82 Å². The largest absolute Gasteiger partial charge is 0.480 e. The second-order valence-corrected chi connectivity index (χ2v) is 3.56. The molecule has 0 spiro atoms. The highest BCUT2D eigenvalue weighted by Gasteiger charge is 2.16. The molecule has 15 heavy (non-hydrogen) atoms. The molecule has 82 valence electrons. The van der Waals surface area contributed by atoms with Crippen molar-refractivity contribution in [1.29, 1.82) is 0 Å². The summed E-state index contributed by atoms with van der Waals surface area (Å²) >= 11 is 0. The Morgan fingerprint density at radius 2 is 2.27 bits per heavy atom. The third kappa shape index (κ3) is 3.32. The molecule has 1 aromatic carbocycles. The van der Waals surface area contributed by atoms with Crippen molar-refractivity contribution in [2.75, 3.05) is 7.05 Å². The number of carbonyl (C=O) groups is 1. The molecule has 1 unspecified atom stereocenters. The number of hydrogen-bond donors (Lipinski definition) is 1. The number of carboxylic acids is 1. The highest BCUT2D eigenvalue weighted by atomic mass is 19.1. The zero-order valence-electron chi connectivity index (χ0n) is 8.77. The quantitative estimate of drug-likeness (QED) is 0.824. The number of benzene rings is 1. The Morgan fingerprint density at radius 3 is 2.80 bits per heavy atom. The van der Waals surface area contributed by atoms with Gasteiger partial charge in [0.15, 0.2) is 0 Å². The Labute approximate surface area is 88.1 Å². The molecule has 1 aromatic rings. The number of hydrogen-bond acceptors (Lipinski definition) is 2. The predicted octanol–water partition coefficient (Wildman–Crippen LogP) is 1.73. The Kier molecular flexibility index (Phi) is 3.80. The lowest BCUT2D eigenvalue weighted by molar-refractivity contribution is -0.142. The first kappa shape index (κ1) is 11.7. The maximum Gasteiger partial charge on any atom is 0.320 e. The highest BCUT2D eigenvalue weighted by Crippen LogP contribution is 2.08. The van der Waals surface area contributed by atoms with Crippen LogP contribution in [0.25, 0.3) is 0 Å². The van der Waals surface area contributed by atoms with Crippen molar-refractivity contribution in [1.82, 2.24) is 4.90 Å². The summed E-state index contributed by atoms with van der Waals surface area (Å²) < 4.78 is 12.8. The summed E-state index contributed by atoms with van der Waals surface area (Å²) in [6, 6.07) is 5.58. The molecule has 0 heterocycles. The number of likely N-dealkylation sites (N-methyl/N-ethyl adjacent to an activating group) is 1. The highest BCUT2D eigenvalue weighted by molar-refractivity contribution is 5.72. The normalized spacial score (nSPS) is 12.8. The smallest absolute Gasteiger partial charge is 0.320 e. The van der Waals surface area contributed by atoms with Crippen LogP contribution >= 0.6 is 0 Å². The monoisotopic (exact) mass is 211 g/mol. The molecular formula is C11H14FNO2. The van der Waals surface area contributed by atoms with Crippen LogP contribution in [-0.2, 0) is 11.3 Å². The van der Waals surface area contributed by atoms with Crippen molar-refractivity contribution in [2.24, 2.45) is 0 Å². The van der Waals surface area contributed by atoms with E-state index in [9.17, 15) is 9.18 Å². The fourth-order valence-corrected chi connectivity index (χ4v) is 1.25. The lowest BCUT2D eigenvalue weighted by atomic mass is 10.2. The van der Waals surface area contributed by atoms with Gasteiger partial charge < -0.3 is 5.11 Å². The van der Waals surface area contributed by atoms with Crippen LogP contribution in [0.3, 0.4) is 0 Å². The van der Waals surface area contributed by atoms with Crippen LogP contribution in [0.5, 0.6) is 0 Å². The number of rotatable bonds is 4. The summed E-state index contributed by atoms with van der Waals surface area (Å²) in [7, 11) is 1.70. The van der Waals surface area contributed by atoms with Crippen molar-refractivity contribution < 1.29 is 14.3 Å². The second kappa shape index (κ2) is 4.89. The predicted molar refractivity (Wildman–Crippen MR) is 55.0 cm³/mol. The average Bonchev–Trinajstić information content (AvgIpc) is 2.16. The summed E-state index contributed by atoms with van der Waals surface area (Å²) in [6.45, 7) is 2.02. The standard InChI is InChI=1S/C11H14FNO2/c1-8(11(14)15)13(2)7-9-4-3-5-10(12)6-9/h3-6,8H,7H2,1-2H3,(H,14,15). The van der Waals surface area contributed by atoms with E-state index in [0.717, 1.165) is 5.56 Å². The topological polar surface area (TPSA) is 40.5 Å². The van der Waals surface area contributed by atoms with E-state index < -0.39 is 12.0 Å². The summed E-state index contributed by atoms with van der Waals surface area (Å²) in [6.07, 6.45) is 0. The van der Waals surface area contributed by atoms with E-state index in [1.807, 2.05) is 0 Å². The van der Waals surface area contributed by atoms with Crippen molar-refractivity contribution in [2.45, 2.75) is 19.5 Å². The van der Waals surface area contributed by atoms with Gasteiger partial charge in [-0.3, -0.25) is 9.69 Å². The zero-order valence-corrected chi connectivity index (χ0v) is 8.77. The van der Waals surface area contributed by atoms with Crippen molar-refractivity contribution >= 4 is 5.97 Å².